The van der Waals surface area contributed by atoms with Crippen LogP contribution in [0.1, 0.15) is 29.1 Å². The highest BCUT2D eigenvalue weighted by Crippen LogP contribution is 2.13. The first-order valence-corrected chi connectivity index (χ1v) is 7.39. The second kappa shape index (κ2) is 8.35. The van der Waals surface area contributed by atoms with Crippen LogP contribution in [0.3, 0.4) is 0 Å². The number of carbonyl (C=O) groups excluding carboxylic acids is 1. The lowest BCUT2D eigenvalue weighted by atomic mass is 10.1. The molecule has 0 unspecified atom stereocenters. The summed E-state index contributed by atoms with van der Waals surface area (Å²) in [6.45, 7) is 5.55. The minimum atomic E-state index is 0. The van der Waals surface area contributed by atoms with E-state index in [1.165, 1.54) is 16.9 Å². The number of Topliss-reactive ketones (excluding diaryl/α,β-unsaturated/α-hetero) is 1. The average Bonchev–Trinajstić information content (AvgIpc) is 2.93. The number of halogens is 1. The lowest BCUT2D eigenvalue weighted by molar-refractivity contribution is 0.0902. The molecule has 0 N–H and O–H groups in total. The quantitative estimate of drug-likeness (QED) is 0.716. The predicted molar refractivity (Wildman–Crippen MR) is 91.0 cm³/mol. The molecule has 2 aromatic rings. The first kappa shape index (κ1) is 17.1. The van der Waals surface area contributed by atoms with Gasteiger partial charge in [0.05, 0.1) is 11.4 Å². The number of ketones is 1. The zero-order valence-corrected chi connectivity index (χ0v) is 14.3. The maximum atomic E-state index is 12.2. The van der Waals surface area contributed by atoms with Crippen LogP contribution in [0, 0.1) is 0 Å². The van der Waals surface area contributed by atoms with Crippen molar-refractivity contribution in [3.05, 3.63) is 58.3 Å². The SMILES string of the molecule is Br.CC(C)N(CC(=O)c1cccs1)Cc1ccccc1. The fourth-order valence-corrected chi connectivity index (χ4v) is 2.60. The molecular formula is C16H20BrNOS. The van der Waals surface area contributed by atoms with Crippen LogP contribution >= 0.6 is 28.3 Å². The Morgan fingerprint density at radius 2 is 1.85 bits per heavy atom. The van der Waals surface area contributed by atoms with Crippen LogP contribution in [0.4, 0.5) is 0 Å². The van der Waals surface area contributed by atoms with Crippen molar-refractivity contribution in [3.8, 4) is 0 Å². The van der Waals surface area contributed by atoms with E-state index < -0.39 is 0 Å². The van der Waals surface area contributed by atoms with Gasteiger partial charge in [-0.25, -0.2) is 0 Å². The Morgan fingerprint density at radius 3 is 2.40 bits per heavy atom. The highest BCUT2D eigenvalue weighted by atomic mass is 79.9. The van der Waals surface area contributed by atoms with E-state index in [9.17, 15) is 4.79 Å². The fraction of sp³-hybridized carbons (Fsp3) is 0.312. The Labute approximate surface area is 135 Å². The van der Waals surface area contributed by atoms with Crippen molar-refractivity contribution >= 4 is 34.1 Å². The molecule has 108 valence electrons. The summed E-state index contributed by atoms with van der Waals surface area (Å²) < 4.78 is 0. The molecule has 2 nitrogen and oxygen atoms in total. The summed E-state index contributed by atoms with van der Waals surface area (Å²) in [6.07, 6.45) is 0. The van der Waals surface area contributed by atoms with Crippen LogP contribution in [-0.4, -0.2) is 23.3 Å². The van der Waals surface area contributed by atoms with Crippen molar-refractivity contribution in [3.63, 3.8) is 0 Å². The number of carbonyl (C=O) groups is 1. The first-order chi connectivity index (χ1) is 9.16. The molecule has 0 fully saturated rings. The molecule has 0 aliphatic carbocycles. The summed E-state index contributed by atoms with van der Waals surface area (Å²) in [6, 6.07) is 14.5. The van der Waals surface area contributed by atoms with Gasteiger partial charge in [-0.2, -0.15) is 0 Å². The molecule has 1 aromatic heterocycles. The van der Waals surface area contributed by atoms with E-state index in [-0.39, 0.29) is 22.8 Å². The Morgan fingerprint density at radius 1 is 1.15 bits per heavy atom. The number of thiophene rings is 1. The molecule has 2 rings (SSSR count). The van der Waals surface area contributed by atoms with Gasteiger partial charge < -0.3 is 0 Å². The van der Waals surface area contributed by atoms with Gasteiger partial charge >= 0.3 is 0 Å². The third-order valence-electron chi connectivity index (χ3n) is 3.10. The van der Waals surface area contributed by atoms with Crippen LogP contribution in [0.15, 0.2) is 47.8 Å². The fourth-order valence-electron chi connectivity index (χ4n) is 1.94. The molecule has 0 aliphatic rings. The second-order valence-corrected chi connectivity index (χ2v) is 5.83. The summed E-state index contributed by atoms with van der Waals surface area (Å²) in [5.74, 6) is 0.208. The number of rotatable bonds is 6. The van der Waals surface area contributed by atoms with Gasteiger partial charge in [0.2, 0.25) is 0 Å². The third kappa shape index (κ3) is 4.85. The predicted octanol–water partition coefficient (Wildman–Crippen LogP) is 4.42. The van der Waals surface area contributed by atoms with Gasteiger partial charge in [0.15, 0.2) is 5.78 Å². The summed E-state index contributed by atoms with van der Waals surface area (Å²) in [4.78, 5) is 15.2. The van der Waals surface area contributed by atoms with Crippen molar-refractivity contribution in [1.82, 2.24) is 4.90 Å². The van der Waals surface area contributed by atoms with Gasteiger partial charge in [-0.1, -0.05) is 36.4 Å². The average molecular weight is 354 g/mol. The van der Waals surface area contributed by atoms with Crippen LogP contribution in [0.5, 0.6) is 0 Å². The largest absolute Gasteiger partial charge is 0.292 e. The zero-order valence-electron chi connectivity index (χ0n) is 11.8. The normalized spacial score (nSPS) is 10.6. The van der Waals surface area contributed by atoms with Crippen molar-refractivity contribution in [2.75, 3.05) is 6.54 Å². The number of hydrogen-bond donors (Lipinski definition) is 0. The minimum absolute atomic E-state index is 0. The van der Waals surface area contributed by atoms with E-state index in [1.54, 1.807) is 0 Å². The van der Waals surface area contributed by atoms with Crippen LogP contribution in [-0.2, 0) is 6.54 Å². The Hall–Kier alpha value is -0.970. The standard InChI is InChI=1S/C16H19NOS.BrH/c1-13(2)17(11-14-7-4-3-5-8-14)12-15(18)16-9-6-10-19-16;/h3-10,13H,11-12H2,1-2H3;1H. The van der Waals surface area contributed by atoms with E-state index in [2.05, 4.69) is 30.9 Å². The van der Waals surface area contributed by atoms with E-state index in [4.69, 9.17) is 0 Å². The highest BCUT2D eigenvalue weighted by molar-refractivity contribution is 8.93. The molecule has 0 saturated heterocycles. The Bertz CT molecular complexity index is 511. The highest BCUT2D eigenvalue weighted by Gasteiger charge is 2.16. The van der Waals surface area contributed by atoms with E-state index in [0.29, 0.717) is 12.6 Å². The van der Waals surface area contributed by atoms with Crippen LogP contribution in [0.2, 0.25) is 0 Å². The summed E-state index contributed by atoms with van der Waals surface area (Å²) >= 11 is 1.51. The minimum Gasteiger partial charge on any atom is -0.292 e. The van der Waals surface area contributed by atoms with Gasteiger partial charge in [0, 0.05) is 12.6 Å². The van der Waals surface area contributed by atoms with Crippen molar-refractivity contribution in [1.29, 1.82) is 0 Å². The zero-order chi connectivity index (χ0) is 13.7. The van der Waals surface area contributed by atoms with Gasteiger partial charge in [0.1, 0.15) is 0 Å². The summed E-state index contributed by atoms with van der Waals surface area (Å²) in [5, 5.41) is 1.95. The van der Waals surface area contributed by atoms with E-state index in [1.807, 2.05) is 35.7 Å². The van der Waals surface area contributed by atoms with Crippen LogP contribution in [0.25, 0.3) is 0 Å². The van der Waals surface area contributed by atoms with E-state index >= 15 is 0 Å². The molecule has 0 radical (unpaired) electrons. The second-order valence-electron chi connectivity index (χ2n) is 4.88. The molecule has 0 saturated carbocycles. The number of nitrogens with zero attached hydrogens (tertiary/aromatic N) is 1. The number of hydrogen-bond acceptors (Lipinski definition) is 3. The first-order valence-electron chi connectivity index (χ1n) is 6.51. The molecule has 4 heteroatoms. The monoisotopic (exact) mass is 353 g/mol. The Balaban J connectivity index is 0.00000200. The lowest BCUT2D eigenvalue weighted by Gasteiger charge is -2.25. The Kier molecular flexibility index (Phi) is 7.13. The topological polar surface area (TPSA) is 20.3 Å². The van der Waals surface area contributed by atoms with Gasteiger partial charge in [-0.3, -0.25) is 9.69 Å². The maximum absolute atomic E-state index is 12.2. The van der Waals surface area contributed by atoms with E-state index in [0.717, 1.165) is 11.4 Å². The lowest BCUT2D eigenvalue weighted by Crippen LogP contribution is -2.35. The molecule has 20 heavy (non-hydrogen) atoms. The summed E-state index contributed by atoms with van der Waals surface area (Å²) in [5.41, 5.74) is 1.25. The molecule has 0 amide bonds. The van der Waals surface area contributed by atoms with Gasteiger partial charge in [-0.15, -0.1) is 28.3 Å². The molecule has 1 heterocycles. The summed E-state index contributed by atoms with van der Waals surface area (Å²) in [7, 11) is 0. The molecule has 0 bridgehead atoms. The molecule has 1 aromatic carbocycles. The third-order valence-corrected chi connectivity index (χ3v) is 4.01. The maximum Gasteiger partial charge on any atom is 0.186 e. The number of benzene rings is 1. The smallest absolute Gasteiger partial charge is 0.186 e. The van der Waals surface area contributed by atoms with Crippen molar-refractivity contribution in [2.45, 2.75) is 26.4 Å². The van der Waals surface area contributed by atoms with Crippen LogP contribution < -0.4 is 0 Å². The van der Waals surface area contributed by atoms with Gasteiger partial charge in [-0.05, 0) is 30.9 Å². The molecule has 0 atom stereocenters. The molecular weight excluding hydrogens is 334 g/mol. The molecule has 0 spiro atoms. The van der Waals surface area contributed by atoms with Gasteiger partial charge in [0.25, 0.3) is 0 Å². The molecule has 0 aliphatic heterocycles. The van der Waals surface area contributed by atoms with Crippen molar-refractivity contribution < 1.29 is 4.79 Å². The van der Waals surface area contributed by atoms with Crippen molar-refractivity contribution in [2.24, 2.45) is 0 Å².